The summed E-state index contributed by atoms with van der Waals surface area (Å²) in [6.07, 6.45) is 4.98. The summed E-state index contributed by atoms with van der Waals surface area (Å²) in [5.41, 5.74) is 1.93. The Hall–Kier alpha value is -1.06. The third-order valence-corrected chi connectivity index (χ3v) is 4.55. The average Bonchev–Trinajstić information content (AvgIpc) is 3.30. The Morgan fingerprint density at radius 1 is 1.19 bits per heavy atom. The molecule has 0 atom stereocenters. The van der Waals surface area contributed by atoms with Crippen molar-refractivity contribution in [1.29, 1.82) is 0 Å². The highest BCUT2D eigenvalue weighted by atomic mass is 35.5. The van der Waals surface area contributed by atoms with E-state index in [1.807, 2.05) is 36.1 Å². The number of nitrogens with one attached hydrogen (secondary N) is 1. The molecule has 0 unspecified atom stereocenters. The van der Waals surface area contributed by atoms with Crippen molar-refractivity contribution in [1.82, 2.24) is 10.2 Å². The molecule has 1 heterocycles. The van der Waals surface area contributed by atoms with E-state index in [1.54, 1.807) is 0 Å². The molecular weight excluding hydrogens is 284 g/mol. The van der Waals surface area contributed by atoms with Gasteiger partial charge in [0.25, 0.3) is 5.91 Å². The first kappa shape index (κ1) is 16.3. The minimum Gasteiger partial charge on any atom is -0.339 e. The number of hydrogen-bond donors (Lipinski definition) is 1. The van der Waals surface area contributed by atoms with Gasteiger partial charge in [0.05, 0.1) is 0 Å². The fourth-order valence-corrected chi connectivity index (χ4v) is 2.93. The average molecular weight is 309 g/mol. The van der Waals surface area contributed by atoms with Crippen LogP contribution in [0.25, 0.3) is 0 Å². The van der Waals surface area contributed by atoms with Gasteiger partial charge in [-0.2, -0.15) is 0 Å². The van der Waals surface area contributed by atoms with E-state index in [-0.39, 0.29) is 18.3 Å². The van der Waals surface area contributed by atoms with Crippen molar-refractivity contribution in [2.24, 2.45) is 5.92 Å². The second-order valence-electron chi connectivity index (χ2n) is 6.23. The van der Waals surface area contributed by atoms with Crippen molar-refractivity contribution in [2.75, 3.05) is 19.6 Å². The molecular formula is C17H25ClN2O. The second-order valence-corrected chi connectivity index (χ2v) is 6.23. The van der Waals surface area contributed by atoms with Crippen LogP contribution < -0.4 is 5.32 Å². The number of carbonyl (C=O) groups excluding carboxylic acids is 1. The van der Waals surface area contributed by atoms with Crippen LogP contribution in [-0.2, 0) is 0 Å². The highest BCUT2D eigenvalue weighted by Crippen LogP contribution is 2.28. The summed E-state index contributed by atoms with van der Waals surface area (Å²) in [4.78, 5) is 14.5. The molecule has 21 heavy (non-hydrogen) atoms. The van der Waals surface area contributed by atoms with Crippen molar-refractivity contribution in [3.05, 3.63) is 35.4 Å². The molecule has 1 saturated carbocycles. The number of carbonyl (C=O) groups is 1. The Morgan fingerprint density at radius 3 is 2.48 bits per heavy atom. The highest BCUT2D eigenvalue weighted by Gasteiger charge is 2.26. The molecule has 2 aliphatic rings. The predicted octanol–water partition coefficient (Wildman–Crippen LogP) is 3.02. The summed E-state index contributed by atoms with van der Waals surface area (Å²) in [7, 11) is 0. The van der Waals surface area contributed by atoms with Gasteiger partial charge in [0.2, 0.25) is 0 Å². The van der Waals surface area contributed by atoms with Gasteiger partial charge in [0, 0.05) is 24.7 Å². The Balaban J connectivity index is 0.00000161. The van der Waals surface area contributed by atoms with Crippen molar-refractivity contribution in [2.45, 2.75) is 38.6 Å². The van der Waals surface area contributed by atoms with Gasteiger partial charge in [0.1, 0.15) is 0 Å². The number of benzene rings is 1. The Morgan fingerprint density at radius 2 is 1.86 bits per heavy atom. The van der Waals surface area contributed by atoms with Gasteiger partial charge >= 0.3 is 0 Å². The zero-order valence-corrected chi connectivity index (χ0v) is 13.5. The summed E-state index contributed by atoms with van der Waals surface area (Å²) in [6.45, 7) is 4.96. The van der Waals surface area contributed by atoms with Gasteiger partial charge in [-0.05, 0) is 56.7 Å². The standard InChI is InChI=1S/C17H24N2O.ClH/c1-13-4-2-3-5-16(13)17(20)19-10-8-15(9-11-19)18-12-14-6-7-14;/h2-5,14-15,18H,6-12H2,1H3;1H. The molecule has 4 heteroatoms. The Kier molecular flexibility index (Phi) is 5.65. The zero-order chi connectivity index (χ0) is 13.9. The van der Waals surface area contributed by atoms with Crippen LogP contribution in [0.15, 0.2) is 24.3 Å². The number of hydrogen-bond acceptors (Lipinski definition) is 2. The van der Waals surface area contributed by atoms with Gasteiger partial charge in [0.15, 0.2) is 0 Å². The Bertz CT molecular complexity index is 479. The molecule has 1 N–H and O–H groups in total. The van der Waals surface area contributed by atoms with Crippen LogP contribution in [0.2, 0.25) is 0 Å². The lowest BCUT2D eigenvalue weighted by Crippen LogP contribution is -2.45. The molecule has 3 nitrogen and oxygen atoms in total. The molecule has 1 aromatic rings. The van der Waals surface area contributed by atoms with E-state index in [9.17, 15) is 4.79 Å². The highest BCUT2D eigenvalue weighted by molar-refractivity contribution is 5.95. The lowest BCUT2D eigenvalue weighted by molar-refractivity contribution is 0.0704. The summed E-state index contributed by atoms with van der Waals surface area (Å²) in [5, 5.41) is 3.66. The molecule has 0 bridgehead atoms. The largest absolute Gasteiger partial charge is 0.339 e. The number of likely N-dealkylation sites (tertiary alicyclic amines) is 1. The van der Waals surface area contributed by atoms with E-state index in [4.69, 9.17) is 0 Å². The first-order valence-electron chi connectivity index (χ1n) is 7.82. The van der Waals surface area contributed by atoms with Gasteiger partial charge in [-0.3, -0.25) is 4.79 Å². The zero-order valence-electron chi connectivity index (χ0n) is 12.7. The van der Waals surface area contributed by atoms with E-state index < -0.39 is 0 Å². The van der Waals surface area contributed by atoms with Crippen LogP contribution in [0.4, 0.5) is 0 Å². The quantitative estimate of drug-likeness (QED) is 0.927. The van der Waals surface area contributed by atoms with E-state index in [1.165, 1.54) is 19.4 Å². The van der Waals surface area contributed by atoms with Crippen molar-refractivity contribution in [3.8, 4) is 0 Å². The van der Waals surface area contributed by atoms with Crippen LogP contribution in [0.1, 0.15) is 41.6 Å². The number of amides is 1. The van der Waals surface area contributed by atoms with Crippen molar-refractivity contribution < 1.29 is 4.79 Å². The molecule has 0 radical (unpaired) electrons. The SMILES string of the molecule is Cc1ccccc1C(=O)N1CCC(NCC2CC2)CC1.Cl. The van der Waals surface area contributed by atoms with Gasteiger partial charge in [-0.25, -0.2) is 0 Å². The lowest BCUT2D eigenvalue weighted by atomic mass is 10.0. The normalized spacial score (nSPS) is 19.2. The third kappa shape index (κ3) is 4.21. The molecule has 1 saturated heterocycles. The number of rotatable bonds is 4. The van der Waals surface area contributed by atoms with Gasteiger partial charge in [-0.1, -0.05) is 18.2 Å². The van der Waals surface area contributed by atoms with Crippen LogP contribution in [0.5, 0.6) is 0 Å². The third-order valence-electron chi connectivity index (χ3n) is 4.55. The molecule has 1 aromatic carbocycles. The summed E-state index contributed by atoms with van der Waals surface area (Å²) < 4.78 is 0. The molecule has 2 fully saturated rings. The minimum atomic E-state index is 0. The van der Waals surface area contributed by atoms with E-state index in [0.29, 0.717) is 6.04 Å². The summed E-state index contributed by atoms with van der Waals surface area (Å²) >= 11 is 0. The molecule has 0 spiro atoms. The van der Waals surface area contributed by atoms with Crippen molar-refractivity contribution in [3.63, 3.8) is 0 Å². The molecule has 116 valence electrons. The number of nitrogens with zero attached hydrogens (tertiary/aromatic N) is 1. The van der Waals surface area contributed by atoms with Gasteiger partial charge < -0.3 is 10.2 Å². The molecule has 1 aliphatic heterocycles. The number of piperidine rings is 1. The Labute approximate surface area is 133 Å². The first-order valence-corrected chi connectivity index (χ1v) is 7.82. The minimum absolute atomic E-state index is 0. The maximum atomic E-state index is 12.5. The summed E-state index contributed by atoms with van der Waals surface area (Å²) in [6, 6.07) is 8.49. The molecule has 3 rings (SSSR count). The van der Waals surface area contributed by atoms with E-state index in [2.05, 4.69) is 5.32 Å². The van der Waals surface area contributed by atoms with E-state index >= 15 is 0 Å². The first-order chi connectivity index (χ1) is 9.74. The number of aryl methyl sites for hydroxylation is 1. The topological polar surface area (TPSA) is 32.3 Å². The fraction of sp³-hybridized carbons (Fsp3) is 0.588. The molecule has 1 amide bonds. The van der Waals surface area contributed by atoms with E-state index in [0.717, 1.165) is 43.0 Å². The predicted molar refractivity (Wildman–Crippen MR) is 88.1 cm³/mol. The van der Waals surface area contributed by atoms with Crippen molar-refractivity contribution >= 4 is 18.3 Å². The maximum Gasteiger partial charge on any atom is 0.254 e. The molecule has 1 aliphatic carbocycles. The van der Waals surface area contributed by atoms with Crippen LogP contribution in [0, 0.1) is 12.8 Å². The summed E-state index contributed by atoms with van der Waals surface area (Å²) in [5.74, 6) is 1.13. The van der Waals surface area contributed by atoms with Crippen LogP contribution in [0.3, 0.4) is 0 Å². The second kappa shape index (κ2) is 7.28. The smallest absolute Gasteiger partial charge is 0.254 e. The maximum absolute atomic E-state index is 12.5. The lowest BCUT2D eigenvalue weighted by Gasteiger charge is -2.33. The fourth-order valence-electron chi connectivity index (χ4n) is 2.93. The monoisotopic (exact) mass is 308 g/mol. The van der Waals surface area contributed by atoms with Crippen LogP contribution >= 0.6 is 12.4 Å². The molecule has 0 aromatic heterocycles. The van der Waals surface area contributed by atoms with Gasteiger partial charge in [-0.15, -0.1) is 12.4 Å². The van der Waals surface area contributed by atoms with Crippen LogP contribution in [-0.4, -0.2) is 36.5 Å². The number of halogens is 1.